The average molecular weight is 347 g/mol. The number of esters is 1. The van der Waals surface area contributed by atoms with E-state index in [2.05, 4.69) is 10.1 Å². The number of rotatable bonds is 7. The molecule has 0 fully saturated rings. The number of alkyl halides is 3. The van der Waals surface area contributed by atoms with E-state index in [1.807, 2.05) is 0 Å². The van der Waals surface area contributed by atoms with Crippen molar-refractivity contribution in [2.75, 3.05) is 12.4 Å². The van der Waals surface area contributed by atoms with Gasteiger partial charge in [-0.15, -0.1) is 0 Å². The Kier molecular flexibility index (Phi) is 7.06. The summed E-state index contributed by atoms with van der Waals surface area (Å²) < 4.78 is 46.5. The molecule has 2 atom stereocenters. The minimum absolute atomic E-state index is 0.152. The fourth-order valence-corrected chi connectivity index (χ4v) is 2.00. The molecule has 1 amide bonds. The van der Waals surface area contributed by atoms with Gasteiger partial charge in [0.25, 0.3) is 0 Å². The van der Waals surface area contributed by atoms with Gasteiger partial charge in [0.2, 0.25) is 5.91 Å². The monoisotopic (exact) mass is 347 g/mol. The van der Waals surface area contributed by atoms with E-state index in [-0.39, 0.29) is 6.42 Å². The maximum absolute atomic E-state index is 12.3. The highest BCUT2D eigenvalue weighted by Gasteiger charge is 2.43. The van der Waals surface area contributed by atoms with Crippen LogP contribution in [0.1, 0.15) is 26.7 Å². The molecule has 1 rings (SSSR count). The fraction of sp³-hybridized carbons (Fsp3) is 0.500. The third-order valence-electron chi connectivity index (χ3n) is 3.39. The molecule has 0 aromatic heterocycles. The van der Waals surface area contributed by atoms with Crippen LogP contribution in [-0.4, -0.2) is 31.3 Å². The molecule has 0 radical (unpaired) electrons. The normalized spacial score (nSPS) is 13.8. The summed E-state index contributed by atoms with van der Waals surface area (Å²) in [6.07, 6.45) is -5.62. The molecule has 0 bridgehead atoms. The predicted molar refractivity (Wildman–Crippen MR) is 81.6 cm³/mol. The van der Waals surface area contributed by atoms with Crippen molar-refractivity contribution < 1.29 is 32.2 Å². The van der Waals surface area contributed by atoms with E-state index in [1.165, 1.54) is 14.0 Å². The summed E-state index contributed by atoms with van der Waals surface area (Å²) in [5.41, 5.74) is 0.463. The maximum Gasteiger partial charge on any atom is 0.490 e. The standard InChI is InChI=1S/C16H20F3NO4/c1-4-5-13(24-15(22)16(17,18)19)10(2)14(21)20-11-6-8-12(23-3)9-7-11/h6-10,13H,4-5H2,1-3H3,(H,20,21)/t10-,13-/m0/s1. The molecule has 1 N–H and O–H groups in total. The van der Waals surface area contributed by atoms with Crippen molar-refractivity contribution in [1.82, 2.24) is 0 Å². The first-order valence-corrected chi connectivity index (χ1v) is 7.41. The largest absolute Gasteiger partial charge is 0.497 e. The molecule has 0 aliphatic rings. The zero-order valence-corrected chi connectivity index (χ0v) is 13.6. The highest BCUT2D eigenvalue weighted by atomic mass is 19.4. The quantitative estimate of drug-likeness (QED) is 0.766. The summed E-state index contributed by atoms with van der Waals surface area (Å²) in [7, 11) is 1.50. The molecular weight excluding hydrogens is 327 g/mol. The minimum Gasteiger partial charge on any atom is -0.497 e. The molecular formula is C16H20F3NO4. The second-order valence-electron chi connectivity index (χ2n) is 5.24. The molecule has 0 spiro atoms. The van der Waals surface area contributed by atoms with Crippen molar-refractivity contribution in [2.24, 2.45) is 5.92 Å². The highest BCUT2D eigenvalue weighted by Crippen LogP contribution is 2.23. The van der Waals surface area contributed by atoms with Gasteiger partial charge in [-0.1, -0.05) is 20.3 Å². The van der Waals surface area contributed by atoms with Crippen molar-refractivity contribution >= 4 is 17.6 Å². The SMILES string of the molecule is CCC[C@H](OC(=O)C(F)(F)F)[C@H](C)C(=O)Nc1ccc(OC)cc1. The van der Waals surface area contributed by atoms with Gasteiger partial charge >= 0.3 is 12.1 Å². The van der Waals surface area contributed by atoms with Crippen LogP contribution in [0.3, 0.4) is 0 Å². The van der Waals surface area contributed by atoms with Crippen LogP contribution in [0, 0.1) is 5.92 Å². The molecule has 1 aromatic rings. The van der Waals surface area contributed by atoms with Gasteiger partial charge in [-0.05, 0) is 30.7 Å². The highest BCUT2D eigenvalue weighted by molar-refractivity contribution is 5.93. The predicted octanol–water partition coefficient (Wildman–Crippen LogP) is 3.54. The van der Waals surface area contributed by atoms with Gasteiger partial charge < -0.3 is 14.8 Å². The summed E-state index contributed by atoms with van der Waals surface area (Å²) in [6.45, 7) is 3.14. The van der Waals surface area contributed by atoms with Crippen LogP contribution in [0.5, 0.6) is 5.75 Å². The Morgan fingerprint density at radius 2 is 1.79 bits per heavy atom. The number of nitrogens with one attached hydrogen (secondary N) is 1. The van der Waals surface area contributed by atoms with Crippen LogP contribution in [0.4, 0.5) is 18.9 Å². The van der Waals surface area contributed by atoms with E-state index < -0.39 is 30.1 Å². The Morgan fingerprint density at radius 1 is 1.21 bits per heavy atom. The Labute approximate surface area is 138 Å². The zero-order chi connectivity index (χ0) is 18.3. The lowest BCUT2D eigenvalue weighted by Crippen LogP contribution is -2.37. The van der Waals surface area contributed by atoms with E-state index in [0.717, 1.165) is 0 Å². The first-order chi connectivity index (χ1) is 11.2. The second-order valence-corrected chi connectivity index (χ2v) is 5.24. The van der Waals surface area contributed by atoms with E-state index in [1.54, 1.807) is 31.2 Å². The van der Waals surface area contributed by atoms with Crippen molar-refractivity contribution in [3.63, 3.8) is 0 Å². The minimum atomic E-state index is -5.09. The molecule has 0 aliphatic carbocycles. The summed E-state index contributed by atoms with van der Waals surface area (Å²) >= 11 is 0. The van der Waals surface area contributed by atoms with Gasteiger partial charge in [0.1, 0.15) is 11.9 Å². The van der Waals surface area contributed by atoms with Crippen LogP contribution in [0.15, 0.2) is 24.3 Å². The lowest BCUT2D eigenvalue weighted by Gasteiger charge is -2.23. The molecule has 24 heavy (non-hydrogen) atoms. The van der Waals surface area contributed by atoms with Gasteiger partial charge in [-0.2, -0.15) is 13.2 Å². The second kappa shape index (κ2) is 8.56. The molecule has 0 heterocycles. The number of carbonyl (C=O) groups excluding carboxylic acids is 2. The number of hydrogen-bond acceptors (Lipinski definition) is 4. The van der Waals surface area contributed by atoms with Crippen molar-refractivity contribution in [3.05, 3.63) is 24.3 Å². The Morgan fingerprint density at radius 3 is 2.25 bits per heavy atom. The third kappa shape index (κ3) is 5.75. The van der Waals surface area contributed by atoms with Gasteiger partial charge in [-0.3, -0.25) is 4.79 Å². The molecule has 0 unspecified atom stereocenters. The number of halogens is 3. The Balaban J connectivity index is 2.75. The summed E-state index contributed by atoms with van der Waals surface area (Å²) in [5.74, 6) is -3.15. The topological polar surface area (TPSA) is 64.6 Å². The zero-order valence-electron chi connectivity index (χ0n) is 13.6. The van der Waals surface area contributed by atoms with Crippen LogP contribution in [0.2, 0.25) is 0 Å². The lowest BCUT2D eigenvalue weighted by molar-refractivity contribution is -0.207. The number of hydrogen-bond donors (Lipinski definition) is 1. The van der Waals surface area contributed by atoms with Gasteiger partial charge in [0.15, 0.2) is 0 Å². The summed E-state index contributed by atoms with van der Waals surface area (Å²) in [5, 5.41) is 2.58. The van der Waals surface area contributed by atoms with Crippen LogP contribution in [0.25, 0.3) is 0 Å². The van der Waals surface area contributed by atoms with Crippen molar-refractivity contribution in [3.8, 4) is 5.75 Å². The summed E-state index contributed by atoms with van der Waals surface area (Å²) in [4.78, 5) is 23.2. The number of methoxy groups -OCH3 is 1. The smallest absolute Gasteiger partial charge is 0.490 e. The third-order valence-corrected chi connectivity index (χ3v) is 3.39. The maximum atomic E-state index is 12.3. The van der Waals surface area contributed by atoms with E-state index in [4.69, 9.17) is 4.74 Å². The number of benzene rings is 1. The van der Waals surface area contributed by atoms with Crippen LogP contribution < -0.4 is 10.1 Å². The number of amides is 1. The molecule has 1 aromatic carbocycles. The molecule has 134 valence electrons. The number of anilines is 1. The Bertz CT molecular complexity index is 557. The van der Waals surface area contributed by atoms with Crippen LogP contribution >= 0.6 is 0 Å². The first-order valence-electron chi connectivity index (χ1n) is 7.41. The van der Waals surface area contributed by atoms with E-state index >= 15 is 0 Å². The molecule has 0 saturated heterocycles. The van der Waals surface area contributed by atoms with Gasteiger partial charge in [0, 0.05) is 5.69 Å². The Hall–Kier alpha value is -2.25. The number of carbonyl (C=O) groups is 2. The molecule has 8 heteroatoms. The average Bonchev–Trinajstić information content (AvgIpc) is 2.53. The van der Waals surface area contributed by atoms with Crippen LogP contribution in [-0.2, 0) is 14.3 Å². The molecule has 0 saturated carbocycles. The van der Waals surface area contributed by atoms with Gasteiger partial charge in [-0.25, -0.2) is 4.79 Å². The molecule has 5 nitrogen and oxygen atoms in total. The van der Waals surface area contributed by atoms with E-state index in [0.29, 0.717) is 17.9 Å². The van der Waals surface area contributed by atoms with E-state index in [9.17, 15) is 22.8 Å². The van der Waals surface area contributed by atoms with Gasteiger partial charge in [0.05, 0.1) is 13.0 Å². The first kappa shape index (κ1) is 19.8. The summed E-state index contributed by atoms with van der Waals surface area (Å²) in [6, 6.07) is 6.46. The van der Waals surface area contributed by atoms with Crippen molar-refractivity contribution in [1.29, 1.82) is 0 Å². The van der Waals surface area contributed by atoms with Crippen molar-refractivity contribution in [2.45, 2.75) is 39.0 Å². The molecule has 0 aliphatic heterocycles. The number of ether oxygens (including phenoxy) is 2. The lowest BCUT2D eigenvalue weighted by atomic mass is 9.99. The fourth-order valence-electron chi connectivity index (χ4n) is 2.00.